The molecule has 0 aliphatic heterocycles. The Labute approximate surface area is 83.0 Å². The van der Waals surface area contributed by atoms with Gasteiger partial charge >= 0.3 is 0 Å². The first-order valence-corrected chi connectivity index (χ1v) is 5.79. The average molecular weight is 200 g/mol. The summed E-state index contributed by atoms with van der Waals surface area (Å²) in [5.74, 6) is 0.448. The minimum absolute atomic E-state index is 0.0382. The molecule has 0 saturated heterocycles. The molecule has 2 unspecified atom stereocenters. The Morgan fingerprint density at radius 1 is 1.69 bits per heavy atom. The van der Waals surface area contributed by atoms with Crippen molar-refractivity contribution in [2.24, 2.45) is 11.7 Å². The van der Waals surface area contributed by atoms with Crippen molar-refractivity contribution in [3.8, 4) is 0 Å². The topological polar surface area (TPSA) is 55.1 Å². The molecule has 0 spiro atoms. The molecule has 4 heteroatoms. The summed E-state index contributed by atoms with van der Waals surface area (Å²) in [6.07, 6.45) is 4.35. The second-order valence-corrected chi connectivity index (χ2v) is 5.20. The van der Waals surface area contributed by atoms with Crippen LogP contribution in [-0.2, 0) is 4.79 Å². The van der Waals surface area contributed by atoms with Crippen LogP contribution >= 0.6 is 11.9 Å². The quantitative estimate of drug-likeness (QED) is 0.667. The van der Waals surface area contributed by atoms with E-state index in [1.807, 2.05) is 0 Å². The highest BCUT2D eigenvalue weighted by molar-refractivity contribution is 7.98. The van der Waals surface area contributed by atoms with Gasteiger partial charge in [0.05, 0.1) is 5.54 Å². The number of nitrogens with one attached hydrogen (secondary N) is 1. The zero-order valence-electron chi connectivity index (χ0n) is 7.88. The smallest absolute Gasteiger partial charge is 0.250 e. The van der Waals surface area contributed by atoms with Gasteiger partial charge in [-0.05, 0) is 37.1 Å². The fraction of sp³-hybridized carbons (Fsp3) is 0.889. The first-order chi connectivity index (χ1) is 6.16. The summed E-state index contributed by atoms with van der Waals surface area (Å²) < 4.78 is 2.86. The highest BCUT2D eigenvalue weighted by Gasteiger charge is 2.55. The van der Waals surface area contributed by atoms with Gasteiger partial charge in [0.1, 0.15) is 0 Å². The van der Waals surface area contributed by atoms with E-state index < -0.39 is 5.54 Å². The molecule has 13 heavy (non-hydrogen) atoms. The van der Waals surface area contributed by atoms with Crippen molar-refractivity contribution in [2.75, 3.05) is 0 Å². The van der Waals surface area contributed by atoms with E-state index in [2.05, 4.69) is 11.6 Å². The minimum Gasteiger partial charge on any atom is -0.317 e. The first kappa shape index (κ1) is 9.34. The first-order valence-electron chi connectivity index (χ1n) is 4.91. The zero-order valence-corrected chi connectivity index (χ0v) is 8.69. The standard InChI is InChI=1S/C9H16N2OS/c1-2-6-5-9(6,10)8(12)11-13-7-3-4-7/h6-7H,2-5,10H2,1H3,(H,11,12). The van der Waals surface area contributed by atoms with Gasteiger partial charge in [-0.1, -0.05) is 13.3 Å². The molecule has 74 valence electrons. The Morgan fingerprint density at radius 2 is 2.38 bits per heavy atom. The third-order valence-corrected chi connectivity index (χ3v) is 4.02. The molecule has 3 nitrogen and oxygen atoms in total. The summed E-state index contributed by atoms with van der Waals surface area (Å²) in [5.41, 5.74) is 5.40. The normalized spacial score (nSPS) is 37.2. The van der Waals surface area contributed by atoms with Crippen molar-refractivity contribution >= 4 is 17.9 Å². The number of carbonyl (C=O) groups excluding carboxylic acids is 1. The van der Waals surface area contributed by atoms with E-state index in [-0.39, 0.29) is 5.91 Å². The maximum absolute atomic E-state index is 11.6. The molecule has 2 fully saturated rings. The van der Waals surface area contributed by atoms with E-state index in [1.54, 1.807) is 11.9 Å². The van der Waals surface area contributed by atoms with Crippen molar-refractivity contribution in [1.82, 2.24) is 4.72 Å². The van der Waals surface area contributed by atoms with E-state index in [0.29, 0.717) is 11.2 Å². The lowest BCUT2D eigenvalue weighted by molar-refractivity contribution is -0.121. The fourth-order valence-corrected chi connectivity index (χ4v) is 2.39. The molecule has 2 aliphatic rings. The van der Waals surface area contributed by atoms with Crippen LogP contribution in [0, 0.1) is 5.92 Å². The molecule has 0 aromatic rings. The lowest BCUT2D eigenvalue weighted by Gasteiger charge is -2.10. The molecular weight excluding hydrogens is 184 g/mol. The van der Waals surface area contributed by atoms with Crippen molar-refractivity contribution in [3.05, 3.63) is 0 Å². The summed E-state index contributed by atoms with van der Waals surface area (Å²) in [7, 11) is 0. The molecule has 0 heterocycles. The molecule has 1 amide bonds. The van der Waals surface area contributed by atoms with Gasteiger partial charge in [0, 0.05) is 5.25 Å². The molecule has 2 atom stereocenters. The van der Waals surface area contributed by atoms with Crippen molar-refractivity contribution in [1.29, 1.82) is 0 Å². The fourth-order valence-electron chi connectivity index (χ4n) is 1.55. The third kappa shape index (κ3) is 1.83. The van der Waals surface area contributed by atoms with Gasteiger partial charge in [-0.3, -0.25) is 9.52 Å². The Bertz CT molecular complexity index is 230. The van der Waals surface area contributed by atoms with Gasteiger partial charge in [-0.2, -0.15) is 0 Å². The monoisotopic (exact) mass is 200 g/mol. The lowest BCUT2D eigenvalue weighted by Crippen LogP contribution is -2.42. The van der Waals surface area contributed by atoms with Crippen LogP contribution in [0.5, 0.6) is 0 Å². The summed E-state index contributed by atoms with van der Waals surface area (Å²) >= 11 is 1.55. The number of amides is 1. The van der Waals surface area contributed by atoms with Crippen LogP contribution in [0.1, 0.15) is 32.6 Å². The van der Waals surface area contributed by atoms with Crippen molar-refractivity contribution in [2.45, 2.75) is 43.4 Å². The Morgan fingerprint density at radius 3 is 2.85 bits per heavy atom. The largest absolute Gasteiger partial charge is 0.317 e. The van der Waals surface area contributed by atoms with Gasteiger partial charge in [0.2, 0.25) is 5.91 Å². The second kappa shape index (κ2) is 3.17. The number of hydrogen-bond acceptors (Lipinski definition) is 3. The average Bonchev–Trinajstić information content (AvgIpc) is 2.97. The van der Waals surface area contributed by atoms with Crippen molar-refractivity contribution < 1.29 is 4.79 Å². The van der Waals surface area contributed by atoms with E-state index >= 15 is 0 Å². The Balaban J connectivity index is 1.76. The van der Waals surface area contributed by atoms with Crippen LogP contribution < -0.4 is 10.5 Å². The summed E-state index contributed by atoms with van der Waals surface area (Å²) in [6.45, 7) is 2.08. The number of carbonyl (C=O) groups is 1. The molecule has 0 radical (unpaired) electrons. The molecular formula is C9H16N2OS. The van der Waals surface area contributed by atoms with Crippen LogP contribution in [-0.4, -0.2) is 16.7 Å². The van der Waals surface area contributed by atoms with E-state index in [1.165, 1.54) is 12.8 Å². The maximum Gasteiger partial charge on any atom is 0.250 e. The third-order valence-electron chi connectivity index (χ3n) is 2.91. The highest BCUT2D eigenvalue weighted by atomic mass is 32.2. The van der Waals surface area contributed by atoms with Gasteiger partial charge in [0.15, 0.2) is 0 Å². The molecule has 0 aromatic carbocycles. The van der Waals surface area contributed by atoms with Gasteiger partial charge in [-0.25, -0.2) is 0 Å². The van der Waals surface area contributed by atoms with E-state index in [0.717, 1.165) is 12.8 Å². The van der Waals surface area contributed by atoms with Gasteiger partial charge in [-0.15, -0.1) is 0 Å². The minimum atomic E-state index is -0.531. The molecule has 2 saturated carbocycles. The highest BCUT2D eigenvalue weighted by Crippen LogP contribution is 2.44. The second-order valence-electron chi connectivity index (χ2n) is 4.10. The van der Waals surface area contributed by atoms with Crippen molar-refractivity contribution in [3.63, 3.8) is 0 Å². The van der Waals surface area contributed by atoms with Gasteiger partial charge < -0.3 is 5.73 Å². The summed E-state index contributed by atoms with van der Waals surface area (Å²) in [6, 6.07) is 0. The molecule has 0 aromatic heterocycles. The summed E-state index contributed by atoms with van der Waals surface area (Å²) in [4.78, 5) is 11.6. The van der Waals surface area contributed by atoms with E-state index in [4.69, 9.17) is 5.73 Å². The Kier molecular flexibility index (Phi) is 2.28. The van der Waals surface area contributed by atoms with Crippen LogP contribution in [0.3, 0.4) is 0 Å². The number of rotatable bonds is 4. The van der Waals surface area contributed by atoms with Crippen LogP contribution in [0.2, 0.25) is 0 Å². The Hall–Kier alpha value is -0.220. The predicted octanol–water partition coefficient (Wildman–Crippen LogP) is 1.04. The zero-order chi connectivity index (χ0) is 9.47. The number of nitrogens with two attached hydrogens (primary N) is 1. The molecule has 2 rings (SSSR count). The van der Waals surface area contributed by atoms with Crippen LogP contribution in [0.15, 0.2) is 0 Å². The SMILES string of the molecule is CCC1CC1(N)C(=O)NSC1CC1. The lowest BCUT2D eigenvalue weighted by atomic mass is 10.2. The maximum atomic E-state index is 11.6. The summed E-state index contributed by atoms with van der Waals surface area (Å²) in [5, 5.41) is 0.659. The van der Waals surface area contributed by atoms with Gasteiger partial charge in [0.25, 0.3) is 0 Å². The molecule has 2 aliphatic carbocycles. The predicted molar refractivity (Wildman–Crippen MR) is 54.1 cm³/mol. The number of hydrogen-bond donors (Lipinski definition) is 2. The molecule has 0 bridgehead atoms. The van der Waals surface area contributed by atoms with E-state index in [9.17, 15) is 4.79 Å². The van der Waals surface area contributed by atoms with Crippen LogP contribution in [0.25, 0.3) is 0 Å². The molecule has 3 N–H and O–H groups in total. The van der Waals surface area contributed by atoms with Crippen LogP contribution in [0.4, 0.5) is 0 Å².